The van der Waals surface area contributed by atoms with Crippen LogP contribution in [-0.2, 0) is 11.0 Å². The third-order valence-electron chi connectivity index (χ3n) is 2.57. The van der Waals surface area contributed by atoms with Gasteiger partial charge in [-0.05, 0) is 39.0 Å². The van der Waals surface area contributed by atoms with Crippen LogP contribution >= 0.6 is 15.9 Å². The lowest BCUT2D eigenvalue weighted by Gasteiger charge is -2.21. The molecule has 1 heterocycles. The predicted molar refractivity (Wildman–Crippen MR) is 78.7 cm³/mol. The van der Waals surface area contributed by atoms with Gasteiger partial charge < -0.3 is 4.74 Å². The molecule has 0 saturated heterocycles. The molecule has 0 aliphatic carbocycles. The molecule has 18 heavy (non-hydrogen) atoms. The van der Waals surface area contributed by atoms with Crippen LogP contribution in [0.4, 0.5) is 0 Å². The summed E-state index contributed by atoms with van der Waals surface area (Å²) in [5.74, 6) is 0.806. The summed E-state index contributed by atoms with van der Waals surface area (Å²) in [6, 6.07) is 5.82. The number of halogens is 1. The maximum atomic E-state index is 12.1. The number of rotatable bonds is 1. The Morgan fingerprint density at radius 3 is 2.78 bits per heavy atom. The minimum absolute atomic E-state index is 0.333. The first-order valence-electron chi connectivity index (χ1n) is 5.80. The monoisotopic (exact) mass is 329 g/mol. The largest absolute Gasteiger partial charge is 0.492 e. The van der Waals surface area contributed by atoms with Gasteiger partial charge in [0.25, 0.3) is 0 Å². The van der Waals surface area contributed by atoms with E-state index in [0.717, 1.165) is 21.5 Å². The highest BCUT2D eigenvalue weighted by Crippen LogP contribution is 2.29. The molecule has 1 aliphatic heterocycles. The smallest absolute Gasteiger partial charge is 0.145 e. The van der Waals surface area contributed by atoms with Crippen molar-refractivity contribution in [1.29, 1.82) is 0 Å². The van der Waals surface area contributed by atoms with E-state index in [1.807, 2.05) is 39.0 Å². The molecule has 0 fully saturated rings. The van der Waals surface area contributed by atoms with Crippen molar-refractivity contribution in [3.05, 3.63) is 28.2 Å². The van der Waals surface area contributed by atoms with Crippen LogP contribution < -0.4 is 4.74 Å². The van der Waals surface area contributed by atoms with E-state index < -0.39 is 11.0 Å². The van der Waals surface area contributed by atoms with E-state index >= 15 is 0 Å². The van der Waals surface area contributed by atoms with Crippen molar-refractivity contribution in [2.45, 2.75) is 31.9 Å². The second-order valence-electron chi connectivity index (χ2n) is 5.14. The van der Waals surface area contributed by atoms with Gasteiger partial charge in [0.1, 0.15) is 16.7 Å². The van der Waals surface area contributed by atoms with Gasteiger partial charge in [-0.25, -0.2) is 4.21 Å². The minimum atomic E-state index is -1.23. The van der Waals surface area contributed by atoms with Crippen molar-refractivity contribution in [1.82, 2.24) is 0 Å². The Morgan fingerprint density at radius 1 is 1.39 bits per heavy atom. The molecule has 1 aromatic rings. The molecule has 0 N–H and O–H groups in total. The quantitative estimate of drug-likeness (QED) is 0.791. The fourth-order valence-electron chi connectivity index (χ4n) is 1.58. The van der Waals surface area contributed by atoms with Gasteiger partial charge in [0.2, 0.25) is 0 Å². The summed E-state index contributed by atoms with van der Waals surface area (Å²) < 4.78 is 22.7. The molecule has 1 aliphatic rings. The Morgan fingerprint density at radius 2 is 2.11 bits per heavy atom. The SMILES string of the molecule is CC(C)(C)[S@@](=O)N=C1CCOc2cc(Br)ccc21. The summed E-state index contributed by atoms with van der Waals surface area (Å²) in [4.78, 5) is 0. The van der Waals surface area contributed by atoms with E-state index in [-0.39, 0.29) is 4.75 Å². The zero-order valence-corrected chi connectivity index (χ0v) is 13.1. The van der Waals surface area contributed by atoms with Crippen LogP contribution in [0.5, 0.6) is 5.75 Å². The number of fused-ring (bicyclic) bond motifs is 1. The third-order valence-corrected chi connectivity index (χ3v) is 4.50. The van der Waals surface area contributed by atoms with Crippen molar-refractivity contribution < 1.29 is 8.95 Å². The van der Waals surface area contributed by atoms with Gasteiger partial charge in [-0.1, -0.05) is 15.9 Å². The van der Waals surface area contributed by atoms with E-state index in [0.29, 0.717) is 13.0 Å². The van der Waals surface area contributed by atoms with Crippen molar-refractivity contribution in [2.24, 2.45) is 4.40 Å². The molecule has 0 aromatic heterocycles. The van der Waals surface area contributed by atoms with Crippen LogP contribution in [0, 0.1) is 0 Å². The summed E-state index contributed by atoms with van der Waals surface area (Å²) in [5.41, 5.74) is 1.82. The van der Waals surface area contributed by atoms with Gasteiger partial charge in [-0.2, -0.15) is 4.40 Å². The van der Waals surface area contributed by atoms with Gasteiger partial charge in [0.05, 0.1) is 17.1 Å². The molecule has 3 nitrogen and oxygen atoms in total. The fraction of sp³-hybridized carbons (Fsp3) is 0.462. The third kappa shape index (κ3) is 3.01. The Labute approximate surface area is 118 Å². The van der Waals surface area contributed by atoms with E-state index in [9.17, 15) is 4.21 Å². The second-order valence-corrected chi connectivity index (χ2v) is 7.96. The van der Waals surface area contributed by atoms with E-state index in [1.54, 1.807) is 0 Å². The summed E-state index contributed by atoms with van der Waals surface area (Å²) in [6.45, 7) is 6.36. The van der Waals surface area contributed by atoms with Crippen LogP contribution in [0.1, 0.15) is 32.8 Å². The number of ether oxygens (including phenoxy) is 1. The Bertz CT molecular complexity index is 520. The molecule has 0 bridgehead atoms. The molecule has 98 valence electrons. The van der Waals surface area contributed by atoms with Gasteiger partial charge in [-0.15, -0.1) is 0 Å². The van der Waals surface area contributed by atoms with Crippen LogP contribution in [0.15, 0.2) is 27.1 Å². The van der Waals surface area contributed by atoms with Crippen molar-refractivity contribution in [3.63, 3.8) is 0 Å². The number of nitrogens with zero attached hydrogens (tertiary/aromatic N) is 1. The van der Waals surface area contributed by atoms with E-state index in [1.165, 1.54) is 0 Å². The maximum Gasteiger partial charge on any atom is 0.145 e. The highest BCUT2D eigenvalue weighted by atomic mass is 79.9. The van der Waals surface area contributed by atoms with E-state index in [4.69, 9.17) is 4.74 Å². The average Bonchev–Trinajstić information content (AvgIpc) is 2.27. The highest BCUT2D eigenvalue weighted by Gasteiger charge is 2.23. The zero-order chi connectivity index (χ0) is 13.3. The fourth-order valence-corrected chi connectivity index (χ4v) is 2.58. The first-order chi connectivity index (χ1) is 8.38. The number of hydrogen-bond donors (Lipinski definition) is 0. The molecule has 0 saturated carbocycles. The van der Waals surface area contributed by atoms with Gasteiger partial charge in [-0.3, -0.25) is 0 Å². The summed E-state index contributed by atoms with van der Waals surface area (Å²) >= 11 is 3.41. The van der Waals surface area contributed by atoms with Crippen LogP contribution in [0.3, 0.4) is 0 Å². The first-order valence-corrected chi connectivity index (χ1v) is 7.70. The summed E-state index contributed by atoms with van der Waals surface area (Å²) in [6.07, 6.45) is 0.705. The molecule has 2 rings (SSSR count). The maximum absolute atomic E-state index is 12.1. The Kier molecular flexibility index (Phi) is 3.92. The van der Waals surface area contributed by atoms with Crippen molar-refractivity contribution >= 4 is 32.6 Å². The van der Waals surface area contributed by atoms with Crippen LogP contribution in [-0.4, -0.2) is 21.3 Å². The predicted octanol–water partition coefficient (Wildman–Crippen LogP) is 3.48. The number of benzene rings is 1. The summed E-state index contributed by atoms with van der Waals surface area (Å²) in [5, 5.41) is 0. The minimum Gasteiger partial charge on any atom is -0.492 e. The standard InChI is InChI=1S/C13H16BrNO2S/c1-13(2,3)18(16)15-11-6-7-17-12-8-9(14)4-5-10(11)12/h4-5,8H,6-7H2,1-3H3/t18-/m1/s1. The van der Waals surface area contributed by atoms with Gasteiger partial charge in [0, 0.05) is 16.5 Å². The Hall–Kier alpha value is -0.680. The molecule has 0 unspecified atom stereocenters. The molecular formula is C13H16BrNO2S. The molecular weight excluding hydrogens is 314 g/mol. The average molecular weight is 330 g/mol. The lowest BCUT2D eigenvalue weighted by molar-refractivity contribution is 0.320. The van der Waals surface area contributed by atoms with Crippen LogP contribution in [0.25, 0.3) is 0 Å². The lowest BCUT2D eigenvalue weighted by Crippen LogP contribution is -2.23. The second kappa shape index (κ2) is 5.13. The molecule has 0 amide bonds. The normalized spacial score (nSPS) is 19.2. The zero-order valence-electron chi connectivity index (χ0n) is 10.7. The summed E-state index contributed by atoms with van der Waals surface area (Å²) in [7, 11) is -1.23. The highest BCUT2D eigenvalue weighted by molar-refractivity contribution is 9.10. The lowest BCUT2D eigenvalue weighted by atomic mass is 10.0. The first kappa shape index (κ1) is 13.7. The molecule has 1 atom stereocenters. The van der Waals surface area contributed by atoms with Gasteiger partial charge >= 0.3 is 0 Å². The Balaban J connectivity index is 2.39. The van der Waals surface area contributed by atoms with Crippen LogP contribution in [0.2, 0.25) is 0 Å². The number of hydrogen-bond acceptors (Lipinski definition) is 2. The molecule has 0 spiro atoms. The van der Waals surface area contributed by atoms with E-state index in [2.05, 4.69) is 20.3 Å². The molecule has 5 heteroatoms. The van der Waals surface area contributed by atoms with Gasteiger partial charge in [0.15, 0.2) is 0 Å². The van der Waals surface area contributed by atoms with Crippen molar-refractivity contribution in [2.75, 3.05) is 6.61 Å². The molecule has 0 radical (unpaired) electrons. The topological polar surface area (TPSA) is 38.7 Å². The van der Waals surface area contributed by atoms with Crippen molar-refractivity contribution in [3.8, 4) is 5.75 Å². The molecule has 1 aromatic carbocycles.